The van der Waals surface area contributed by atoms with Gasteiger partial charge in [0.1, 0.15) is 6.10 Å². The highest BCUT2D eigenvalue weighted by atomic mass is 35.5. The van der Waals surface area contributed by atoms with Crippen molar-refractivity contribution in [3.63, 3.8) is 0 Å². The SMILES string of the molecule is N[C@@H](CC(=O)OC1CCC2CCCC2C1)CC1CCC(C2=CC(Cl)CCC2)CC1. The van der Waals surface area contributed by atoms with E-state index in [9.17, 15) is 4.79 Å². The zero-order chi connectivity index (χ0) is 20.2. The average molecular weight is 422 g/mol. The number of ether oxygens (including phenoxy) is 1. The van der Waals surface area contributed by atoms with E-state index in [1.54, 1.807) is 5.57 Å². The number of alkyl halides is 1. The summed E-state index contributed by atoms with van der Waals surface area (Å²) in [7, 11) is 0. The molecule has 0 spiro atoms. The first-order valence-corrected chi connectivity index (χ1v) is 12.8. The lowest BCUT2D eigenvalue weighted by Gasteiger charge is -2.33. The van der Waals surface area contributed by atoms with E-state index in [-0.39, 0.29) is 23.5 Å². The summed E-state index contributed by atoms with van der Waals surface area (Å²) in [5.74, 6) is 3.05. The molecule has 4 unspecified atom stereocenters. The Morgan fingerprint density at radius 1 is 1.03 bits per heavy atom. The number of carbonyl (C=O) groups excluding carboxylic acids is 1. The monoisotopic (exact) mass is 421 g/mol. The molecule has 4 aliphatic carbocycles. The van der Waals surface area contributed by atoms with Gasteiger partial charge in [-0.05, 0) is 94.3 Å². The molecule has 2 N–H and O–H groups in total. The summed E-state index contributed by atoms with van der Waals surface area (Å²) in [6.45, 7) is 0. The van der Waals surface area contributed by atoms with Crippen LogP contribution in [0.15, 0.2) is 11.6 Å². The van der Waals surface area contributed by atoms with E-state index in [1.165, 1.54) is 64.2 Å². The van der Waals surface area contributed by atoms with Crippen molar-refractivity contribution in [2.45, 2.75) is 114 Å². The summed E-state index contributed by atoms with van der Waals surface area (Å²) in [4.78, 5) is 12.4. The highest BCUT2D eigenvalue weighted by Crippen LogP contribution is 2.43. The van der Waals surface area contributed by atoms with E-state index in [4.69, 9.17) is 22.1 Å². The molecular formula is C25H40ClNO2. The summed E-state index contributed by atoms with van der Waals surface area (Å²) in [6.07, 6.45) is 20.0. The molecule has 29 heavy (non-hydrogen) atoms. The fourth-order valence-corrected chi connectivity index (χ4v) is 7.05. The molecule has 0 aromatic rings. The Bertz CT molecular complexity index is 583. The zero-order valence-electron chi connectivity index (χ0n) is 18.0. The van der Waals surface area contributed by atoms with Gasteiger partial charge in [0.15, 0.2) is 0 Å². The maximum Gasteiger partial charge on any atom is 0.307 e. The Morgan fingerprint density at radius 2 is 1.83 bits per heavy atom. The van der Waals surface area contributed by atoms with E-state index in [0.29, 0.717) is 12.3 Å². The fourth-order valence-electron chi connectivity index (χ4n) is 6.74. The lowest BCUT2D eigenvalue weighted by Crippen LogP contribution is -2.33. The van der Waals surface area contributed by atoms with Crippen molar-refractivity contribution < 1.29 is 9.53 Å². The normalized spacial score (nSPS) is 38.8. The first-order chi connectivity index (χ1) is 14.1. The smallest absolute Gasteiger partial charge is 0.307 e. The summed E-state index contributed by atoms with van der Waals surface area (Å²) in [5.41, 5.74) is 7.97. The molecule has 4 heteroatoms. The average Bonchev–Trinajstić information content (AvgIpc) is 3.16. The van der Waals surface area contributed by atoms with E-state index < -0.39 is 0 Å². The van der Waals surface area contributed by atoms with Crippen LogP contribution in [0, 0.1) is 23.7 Å². The zero-order valence-corrected chi connectivity index (χ0v) is 18.8. The Balaban J connectivity index is 1.15. The van der Waals surface area contributed by atoms with Crippen LogP contribution < -0.4 is 5.73 Å². The molecule has 3 saturated carbocycles. The van der Waals surface area contributed by atoms with Crippen LogP contribution in [0.5, 0.6) is 0 Å². The molecular weight excluding hydrogens is 382 g/mol. The van der Waals surface area contributed by atoms with Gasteiger partial charge in [0.05, 0.1) is 11.8 Å². The third kappa shape index (κ3) is 6.00. The third-order valence-corrected chi connectivity index (χ3v) is 8.66. The molecule has 3 nitrogen and oxygen atoms in total. The van der Waals surface area contributed by atoms with Gasteiger partial charge < -0.3 is 10.5 Å². The highest BCUT2D eigenvalue weighted by molar-refractivity contribution is 6.21. The van der Waals surface area contributed by atoms with Gasteiger partial charge >= 0.3 is 5.97 Å². The molecule has 0 aromatic heterocycles. The number of allylic oxidation sites excluding steroid dienone is 2. The summed E-state index contributed by atoms with van der Waals surface area (Å²) >= 11 is 6.34. The van der Waals surface area contributed by atoms with Crippen molar-refractivity contribution >= 4 is 17.6 Å². The Kier molecular flexibility index (Phi) is 7.61. The molecule has 4 rings (SSSR count). The molecule has 0 bridgehead atoms. The summed E-state index contributed by atoms with van der Waals surface area (Å²) < 4.78 is 5.83. The van der Waals surface area contributed by atoms with Crippen LogP contribution in [0.4, 0.5) is 0 Å². The maximum absolute atomic E-state index is 12.4. The quantitative estimate of drug-likeness (QED) is 0.318. The molecule has 0 aliphatic heterocycles. The molecule has 0 radical (unpaired) electrons. The van der Waals surface area contributed by atoms with E-state index in [1.807, 2.05) is 0 Å². The molecule has 5 atom stereocenters. The fraction of sp³-hybridized carbons (Fsp3) is 0.880. The van der Waals surface area contributed by atoms with Crippen molar-refractivity contribution in [1.82, 2.24) is 0 Å². The molecule has 4 aliphatic rings. The highest BCUT2D eigenvalue weighted by Gasteiger charge is 2.35. The number of hydrogen-bond acceptors (Lipinski definition) is 3. The van der Waals surface area contributed by atoms with Crippen molar-refractivity contribution in [1.29, 1.82) is 0 Å². The molecule has 0 saturated heterocycles. The van der Waals surface area contributed by atoms with E-state index in [0.717, 1.165) is 43.4 Å². The van der Waals surface area contributed by atoms with Gasteiger partial charge in [0, 0.05) is 6.04 Å². The molecule has 3 fully saturated rings. The standard InChI is InChI=1S/C25H40ClNO2/c26-22-6-2-5-20(14-22)19-9-7-17(8-10-19)13-23(27)16-25(28)29-24-12-11-18-3-1-4-21(18)15-24/h14,17-19,21-24H,1-13,15-16,27H2/t17?,18?,19?,21?,22?,23-,24?/m1/s1. The summed E-state index contributed by atoms with van der Waals surface area (Å²) in [5, 5.41) is 0.250. The maximum atomic E-state index is 12.4. The Hall–Kier alpha value is -0.540. The van der Waals surface area contributed by atoms with Gasteiger partial charge in [0.2, 0.25) is 0 Å². The van der Waals surface area contributed by atoms with Crippen LogP contribution >= 0.6 is 11.6 Å². The first kappa shape index (κ1) is 21.7. The van der Waals surface area contributed by atoms with Gasteiger partial charge in [-0.1, -0.05) is 30.9 Å². The summed E-state index contributed by atoms with van der Waals surface area (Å²) in [6, 6.07) is -0.0482. The Labute approximate surface area is 182 Å². The minimum atomic E-state index is -0.0619. The van der Waals surface area contributed by atoms with Crippen LogP contribution in [-0.4, -0.2) is 23.5 Å². The second-order valence-corrected chi connectivity index (χ2v) is 11.0. The number of carbonyl (C=O) groups is 1. The first-order valence-electron chi connectivity index (χ1n) is 12.4. The number of esters is 1. The van der Waals surface area contributed by atoms with Crippen LogP contribution in [0.3, 0.4) is 0 Å². The Morgan fingerprint density at radius 3 is 2.62 bits per heavy atom. The molecule has 164 valence electrons. The van der Waals surface area contributed by atoms with Crippen LogP contribution in [0.25, 0.3) is 0 Å². The van der Waals surface area contributed by atoms with Crippen molar-refractivity contribution in [3.8, 4) is 0 Å². The van der Waals surface area contributed by atoms with Crippen LogP contribution in [-0.2, 0) is 9.53 Å². The molecule has 0 aromatic carbocycles. The second-order valence-electron chi connectivity index (χ2n) is 10.4. The topological polar surface area (TPSA) is 52.3 Å². The number of halogens is 1. The largest absolute Gasteiger partial charge is 0.462 e. The van der Waals surface area contributed by atoms with Gasteiger partial charge in [-0.2, -0.15) is 0 Å². The molecule has 0 heterocycles. The number of hydrogen-bond donors (Lipinski definition) is 1. The predicted molar refractivity (Wildman–Crippen MR) is 119 cm³/mol. The predicted octanol–water partition coefficient (Wildman–Crippen LogP) is 6.13. The van der Waals surface area contributed by atoms with Gasteiger partial charge in [-0.15, -0.1) is 11.6 Å². The molecule has 0 amide bonds. The van der Waals surface area contributed by atoms with Crippen LogP contribution in [0.1, 0.15) is 96.3 Å². The van der Waals surface area contributed by atoms with Gasteiger partial charge in [-0.25, -0.2) is 0 Å². The lowest BCUT2D eigenvalue weighted by atomic mass is 9.74. The van der Waals surface area contributed by atoms with Gasteiger partial charge in [0.25, 0.3) is 0 Å². The van der Waals surface area contributed by atoms with Gasteiger partial charge in [-0.3, -0.25) is 4.79 Å². The van der Waals surface area contributed by atoms with Crippen molar-refractivity contribution in [3.05, 3.63) is 11.6 Å². The van der Waals surface area contributed by atoms with E-state index >= 15 is 0 Å². The van der Waals surface area contributed by atoms with Crippen molar-refractivity contribution in [2.75, 3.05) is 0 Å². The van der Waals surface area contributed by atoms with E-state index in [2.05, 4.69) is 6.08 Å². The van der Waals surface area contributed by atoms with Crippen LogP contribution in [0.2, 0.25) is 0 Å². The number of fused-ring (bicyclic) bond motifs is 1. The number of rotatable bonds is 6. The lowest BCUT2D eigenvalue weighted by molar-refractivity contribution is -0.152. The van der Waals surface area contributed by atoms with Crippen molar-refractivity contribution in [2.24, 2.45) is 29.4 Å². The minimum absolute atomic E-state index is 0.0482. The second kappa shape index (κ2) is 10.2. The number of nitrogens with two attached hydrogens (primary N) is 1. The minimum Gasteiger partial charge on any atom is -0.462 e. The third-order valence-electron chi connectivity index (χ3n) is 8.32.